The molecule has 1 amide bonds. The van der Waals surface area contributed by atoms with E-state index in [-0.39, 0.29) is 17.8 Å². The van der Waals surface area contributed by atoms with Gasteiger partial charge in [0.05, 0.1) is 6.54 Å². The van der Waals surface area contributed by atoms with Crippen LogP contribution in [0.25, 0.3) is 10.9 Å². The average molecular weight is 375 g/mol. The second-order valence-electron chi connectivity index (χ2n) is 6.57. The highest BCUT2D eigenvalue weighted by Crippen LogP contribution is 2.19. The van der Waals surface area contributed by atoms with Crippen LogP contribution in [0.4, 0.5) is 4.39 Å². The molecule has 0 radical (unpaired) electrons. The molecule has 1 unspecified atom stereocenters. The van der Waals surface area contributed by atoms with Crippen LogP contribution in [-0.4, -0.2) is 42.5 Å². The zero-order valence-corrected chi connectivity index (χ0v) is 16.4. The maximum absolute atomic E-state index is 13.3. The van der Waals surface area contributed by atoms with Gasteiger partial charge < -0.3 is 20.9 Å². The van der Waals surface area contributed by atoms with Gasteiger partial charge in [-0.05, 0) is 50.5 Å². The summed E-state index contributed by atoms with van der Waals surface area (Å²) in [6.07, 6.45) is 3.98. The Hall–Kier alpha value is -2.57. The number of nitrogens with zero attached hydrogens (tertiary/aromatic N) is 1. The first-order chi connectivity index (χ1) is 13.0. The number of H-pyrrole nitrogens is 1. The summed E-state index contributed by atoms with van der Waals surface area (Å²) in [4.78, 5) is 19.4. The molecule has 0 spiro atoms. The van der Waals surface area contributed by atoms with Crippen molar-refractivity contribution in [1.29, 1.82) is 0 Å². The number of aromatic nitrogens is 1. The van der Waals surface area contributed by atoms with Crippen LogP contribution in [-0.2, 0) is 11.2 Å². The van der Waals surface area contributed by atoms with Gasteiger partial charge in [-0.2, -0.15) is 0 Å². The zero-order chi connectivity index (χ0) is 19.6. The topological polar surface area (TPSA) is 81.3 Å². The molecule has 1 atom stereocenters. The molecule has 0 bridgehead atoms. The normalized spacial score (nSPS) is 12.8. The molecule has 2 aromatic rings. The van der Waals surface area contributed by atoms with E-state index in [2.05, 4.69) is 25.9 Å². The van der Waals surface area contributed by atoms with Gasteiger partial charge in [-0.25, -0.2) is 4.39 Å². The Morgan fingerprint density at radius 1 is 1.30 bits per heavy atom. The molecule has 6 nitrogen and oxygen atoms in total. The van der Waals surface area contributed by atoms with E-state index in [1.807, 2.05) is 27.0 Å². The first kappa shape index (κ1) is 20.7. The Balaban J connectivity index is 1.83. The van der Waals surface area contributed by atoms with Crippen molar-refractivity contribution in [2.45, 2.75) is 46.1 Å². The van der Waals surface area contributed by atoms with Crippen LogP contribution >= 0.6 is 0 Å². The molecule has 1 aromatic heterocycles. The van der Waals surface area contributed by atoms with E-state index < -0.39 is 0 Å². The van der Waals surface area contributed by atoms with Crippen LogP contribution < -0.4 is 16.0 Å². The molecule has 148 valence electrons. The van der Waals surface area contributed by atoms with Crippen LogP contribution in [0.15, 0.2) is 29.4 Å². The predicted octanol–water partition coefficient (Wildman–Crippen LogP) is 2.71. The zero-order valence-electron chi connectivity index (χ0n) is 16.4. The smallest absolute Gasteiger partial charge is 0.222 e. The Kier molecular flexibility index (Phi) is 8.10. The van der Waals surface area contributed by atoms with Crippen LogP contribution in [0.3, 0.4) is 0 Å². The predicted molar refractivity (Wildman–Crippen MR) is 108 cm³/mol. The molecule has 0 saturated heterocycles. The van der Waals surface area contributed by atoms with E-state index in [9.17, 15) is 9.18 Å². The largest absolute Gasteiger partial charge is 0.361 e. The fourth-order valence-electron chi connectivity index (χ4n) is 2.74. The van der Waals surface area contributed by atoms with Crippen LogP contribution in [0, 0.1) is 5.82 Å². The number of carbonyl (C=O) groups excluding carboxylic acids is 1. The van der Waals surface area contributed by atoms with E-state index in [0.29, 0.717) is 25.5 Å². The first-order valence-corrected chi connectivity index (χ1v) is 9.60. The van der Waals surface area contributed by atoms with Crippen molar-refractivity contribution in [3.05, 3.63) is 35.8 Å². The summed E-state index contributed by atoms with van der Waals surface area (Å²) in [5.74, 6) is 0.475. The Morgan fingerprint density at radius 3 is 2.85 bits per heavy atom. The molecular formula is C20H30FN5O. The number of aliphatic imine (C=N–C) groups is 1. The van der Waals surface area contributed by atoms with Gasteiger partial charge in [0.1, 0.15) is 5.82 Å². The molecule has 0 aliphatic heterocycles. The minimum absolute atomic E-state index is 0.0231. The SMILES string of the molecule is CCNC(=NCCC(=O)NC(C)CC)NCCc1c[nH]c2cc(F)ccc12. The average Bonchev–Trinajstić information content (AvgIpc) is 3.03. The summed E-state index contributed by atoms with van der Waals surface area (Å²) in [6.45, 7) is 7.91. The second kappa shape index (κ2) is 10.5. The number of benzene rings is 1. The number of rotatable bonds is 9. The number of hydrogen-bond acceptors (Lipinski definition) is 2. The highest BCUT2D eigenvalue weighted by molar-refractivity contribution is 5.83. The number of aromatic amines is 1. The lowest BCUT2D eigenvalue weighted by Gasteiger charge is -2.12. The Morgan fingerprint density at radius 2 is 2.11 bits per heavy atom. The number of fused-ring (bicyclic) bond motifs is 1. The summed E-state index contributed by atoms with van der Waals surface area (Å²) in [5.41, 5.74) is 1.93. The third-order valence-corrected chi connectivity index (χ3v) is 4.39. The van der Waals surface area contributed by atoms with E-state index in [4.69, 9.17) is 0 Å². The molecule has 0 aliphatic carbocycles. The van der Waals surface area contributed by atoms with Crippen molar-refractivity contribution in [2.24, 2.45) is 4.99 Å². The highest BCUT2D eigenvalue weighted by Gasteiger charge is 2.07. The van der Waals surface area contributed by atoms with Gasteiger partial charge in [0.2, 0.25) is 5.91 Å². The molecule has 7 heteroatoms. The maximum Gasteiger partial charge on any atom is 0.222 e. The van der Waals surface area contributed by atoms with Crippen molar-refractivity contribution in [3.8, 4) is 0 Å². The van der Waals surface area contributed by atoms with E-state index in [1.165, 1.54) is 12.1 Å². The summed E-state index contributed by atoms with van der Waals surface area (Å²) in [5, 5.41) is 10.4. The highest BCUT2D eigenvalue weighted by atomic mass is 19.1. The van der Waals surface area contributed by atoms with Crippen LogP contribution in [0.5, 0.6) is 0 Å². The van der Waals surface area contributed by atoms with Crippen molar-refractivity contribution in [1.82, 2.24) is 20.9 Å². The lowest BCUT2D eigenvalue weighted by Crippen LogP contribution is -2.38. The summed E-state index contributed by atoms with van der Waals surface area (Å²) in [7, 11) is 0. The lowest BCUT2D eigenvalue weighted by molar-refractivity contribution is -0.121. The minimum atomic E-state index is -0.243. The van der Waals surface area contributed by atoms with E-state index in [1.54, 1.807) is 6.07 Å². The van der Waals surface area contributed by atoms with Gasteiger partial charge >= 0.3 is 0 Å². The third-order valence-electron chi connectivity index (χ3n) is 4.39. The molecular weight excluding hydrogens is 345 g/mol. The van der Waals surface area contributed by atoms with E-state index in [0.717, 1.165) is 35.9 Å². The van der Waals surface area contributed by atoms with Crippen molar-refractivity contribution >= 4 is 22.8 Å². The fourth-order valence-corrected chi connectivity index (χ4v) is 2.74. The van der Waals surface area contributed by atoms with E-state index >= 15 is 0 Å². The molecule has 27 heavy (non-hydrogen) atoms. The first-order valence-electron chi connectivity index (χ1n) is 9.60. The molecule has 1 heterocycles. The van der Waals surface area contributed by atoms with Gasteiger partial charge in [0, 0.05) is 42.7 Å². The number of hydrogen-bond donors (Lipinski definition) is 4. The van der Waals surface area contributed by atoms with Gasteiger partial charge in [0.15, 0.2) is 5.96 Å². The summed E-state index contributed by atoms with van der Waals surface area (Å²) < 4.78 is 13.3. The molecule has 0 saturated carbocycles. The summed E-state index contributed by atoms with van der Waals surface area (Å²) in [6, 6.07) is 4.97. The molecule has 2 rings (SSSR count). The van der Waals surface area contributed by atoms with Crippen LogP contribution in [0.1, 0.15) is 39.2 Å². The number of carbonyl (C=O) groups is 1. The number of halogens is 1. The van der Waals surface area contributed by atoms with Crippen molar-refractivity contribution in [2.75, 3.05) is 19.6 Å². The van der Waals surface area contributed by atoms with Gasteiger partial charge in [-0.15, -0.1) is 0 Å². The second-order valence-corrected chi connectivity index (χ2v) is 6.57. The third kappa shape index (κ3) is 6.58. The number of nitrogens with one attached hydrogen (secondary N) is 4. The molecule has 4 N–H and O–H groups in total. The lowest BCUT2D eigenvalue weighted by atomic mass is 10.1. The van der Waals surface area contributed by atoms with Gasteiger partial charge in [-0.3, -0.25) is 9.79 Å². The minimum Gasteiger partial charge on any atom is -0.361 e. The molecule has 1 aromatic carbocycles. The number of guanidine groups is 1. The molecule has 0 aliphatic rings. The Bertz CT molecular complexity index is 771. The quantitative estimate of drug-likeness (QED) is 0.402. The maximum atomic E-state index is 13.3. The van der Waals surface area contributed by atoms with Crippen molar-refractivity contribution in [3.63, 3.8) is 0 Å². The fraction of sp³-hybridized carbons (Fsp3) is 0.500. The van der Waals surface area contributed by atoms with Crippen LogP contribution in [0.2, 0.25) is 0 Å². The number of amides is 1. The Labute approximate surface area is 160 Å². The summed E-state index contributed by atoms with van der Waals surface area (Å²) >= 11 is 0. The van der Waals surface area contributed by atoms with Crippen molar-refractivity contribution < 1.29 is 9.18 Å². The van der Waals surface area contributed by atoms with Gasteiger partial charge in [-0.1, -0.05) is 6.92 Å². The standard InChI is InChI=1S/C20H30FN5O/c1-4-14(3)26-19(27)9-11-24-20(22-5-2)23-10-8-15-13-25-18-12-16(21)6-7-17(15)18/h6-7,12-14,25H,4-5,8-11H2,1-3H3,(H,26,27)(H2,22,23,24). The molecule has 0 fully saturated rings. The van der Waals surface area contributed by atoms with Gasteiger partial charge in [0.25, 0.3) is 0 Å². The monoisotopic (exact) mass is 375 g/mol.